The van der Waals surface area contributed by atoms with Gasteiger partial charge < -0.3 is 19.9 Å². The number of hydrogen-bond acceptors (Lipinski definition) is 5. The van der Waals surface area contributed by atoms with Gasteiger partial charge in [0.15, 0.2) is 5.96 Å². The summed E-state index contributed by atoms with van der Waals surface area (Å²) in [6, 6.07) is 0. The molecule has 1 aromatic rings. The van der Waals surface area contributed by atoms with E-state index in [-0.39, 0.29) is 36.0 Å². The number of aryl methyl sites for hydroxylation is 1. The number of guanidine groups is 1. The first-order chi connectivity index (χ1) is 11.7. The molecule has 0 aromatic carbocycles. The molecule has 1 atom stereocenters. The number of carbonyl (C=O) groups excluding carboxylic acids is 1. The molecule has 7 nitrogen and oxygen atoms in total. The molecule has 0 spiro atoms. The fourth-order valence-electron chi connectivity index (χ4n) is 3.08. The predicted molar refractivity (Wildman–Crippen MR) is 110 cm³/mol. The second-order valence-corrected chi connectivity index (χ2v) is 7.40. The van der Waals surface area contributed by atoms with Crippen molar-refractivity contribution in [3.05, 3.63) is 16.1 Å². The zero-order valence-corrected chi connectivity index (χ0v) is 17.9. The summed E-state index contributed by atoms with van der Waals surface area (Å²) in [7, 11) is 1.79. The summed E-state index contributed by atoms with van der Waals surface area (Å²) in [6.07, 6.45) is 3.51. The van der Waals surface area contributed by atoms with E-state index in [2.05, 4.69) is 27.1 Å². The Morgan fingerprint density at radius 1 is 1.40 bits per heavy atom. The molecular weight excluding hydrogens is 453 g/mol. The first kappa shape index (κ1) is 20.4. The third kappa shape index (κ3) is 5.27. The first-order valence-corrected chi connectivity index (χ1v) is 9.26. The van der Waals surface area contributed by atoms with Crippen molar-refractivity contribution in [3.8, 4) is 0 Å². The molecule has 2 saturated heterocycles. The molecule has 1 N–H and O–H groups in total. The van der Waals surface area contributed by atoms with Gasteiger partial charge in [0.1, 0.15) is 11.1 Å². The molecule has 1 amide bonds. The van der Waals surface area contributed by atoms with E-state index >= 15 is 0 Å². The van der Waals surface area contributed by atoms with Crippen LogP contribution >= 0.6 is 35.3 Å². The highest BCUT2D eigenvalue weighted by molar-refractivity contribution is 14.0. The number of amides is 1. The zero-order chi connectivity index (χ0) is 16.9. The largest absolute Gasteiger partial charge is 0.368 e. The fourth-order valence-corrected chi connectivity index (χ4v) is 3.81. The lowest BCUT2D eigenvalue weighted by Gasteiger charge is -2.37. The fraction of sp³-hybridized carbons (Fsp3) is 0.688. The second kappa shape index (κ2) is 9.67. The minimum atomic E-state index is -0.220. The molecule has 140 valence electrons. The summed E-state index contributed by atoms with van der Waals surface area (Å²) in [5.74, 6) is 1.01. The molecule has 2 fully saturated rings. The maximum Gasteiger partial charge on any atom is 0.251 e. The number of rotatable bonds is 3. The van der Waals surface area contributed by atoms with Crippen molar-refractivity contribution >= 4 is 47.2 Å². The Labute approximate surface area is 169 Å². The number of piperazine rings is 1. The van der Waals surface area contributed by atoms with Gasteiger partial charge in [0.2, 0.25) is 0 Å². The van der Waals surface area contributed by atoms with Gasteiger partial charge in [0.25, 0.3) is 5.91 Å². The molecular formula is C16H26IN5O2S. The normalized spacial score (nSPS) is 21.2. The highest BCUT2D eigenvalue weighted by atomic mass is 127. The topological polar surface area (TPSA) is 70.1 Å². The molecule has 0 aliphatic carbocycles. The third-order valence-corrected chi connectivity index (χ3v) is 5.29. The van der Waals surface area contributed by atoms with Crippen molar-refractivity contribution in [2.75, 3.05) is 39.8 Å². The van der Waals surface area contributed by atoms with Crippen molar-refractivity contribution in [3.63, 3.8) is 0 Å². The summed E-state index contributed by atoms with van der Waals surface area (Å²) in [5.41, 5.74) is 0. The smallest absolute Gasteiger partial charge is 0.251 e. The molecule has 0 radical (unpaired) electrons. The molecule has 1 aromatic heterocycles. The molecule has 25 heavy (non-hydrogen) atoms. The molecule has 2 aliphatic rings. The minimum absolute atomic E-state index is 0. The van der Waals surface area contributed by atoms with Crippen molar-refractivity contribution in [1.29, 1.82) is 0 Å². The van der Waals surface area contributed by atoms with Gasteiger partial charge >= 0.3 is 0 Å². The van der Waals surface area contributed by atoms with Gasteiger partial charge in [0, 0.05) is 50.9 Å². The van der Waals surface area contributed by atoms with Crippen molar-refractivity contribution in [1.82, 2.24) is 20.1 Å². The number of carbonyl (C=O) groups is 1. The molecule has 3 rings (SSSR count). The van der Waals surface area contributed by atoms with E-state index in [0.29, 0.717) is 13.2 Å². The van der Waals surface area contributed by atoms with Gasteiger partial charge in [0.05, 0.1) is 6.54 Å². The van der Waals surface area contributed by atoms with Gasteiger partial charge in [-0.2, -0.15) is 0 Å². The monoisotopic (exact) mass is 479 g/mol. The lowest BCUT2D eigenvalue weighted by Crippen LogP contribution is -2.55. The Balaban J connectivity index is 0.00000225. The number of halogens is 1. The van der Waals surface area contributed by atoms with Crippen LogP contribution in [-0.2, 0) is 16.1 Å². The van der Waals surface area contributed by atoms with Crippen LogP contribution in [0.2, 0.25) is 0 Å². The Morgan fingerprint density at radius 2 is 2.12 bits per heavy atom. The molecule has 1 unspecified atom stereocenters. The Bertz CT molecular complexity index is 595. The molecule has 9 heteroatoms. The van der Waals surface area contributed by atoms with E-state index < -0.39 is 0 Å². The van der Waals surface area contributed by atoms with E-state index in [0.717, 1.165) is 50.0 Å². The van der Waals surface area contributed by atoms with Gasteiger partial charge in [-0.05, 0) is 19.8 Å². The maximum atomic E-state index is 12.4. The number of hydrogen-bond donors (Lipinski definition) is 1. The Kier molecular flexibility index (Phi) is 7.88. The summed E-state index contributed by atoms with van der Waals surface area (Å²) in [5, 5.41) is 4.42. The van der Waals surface area contributed by atoms with Crippen LogP contribution < -0.4 is 5.32 Å². The minimum Gasteiger partial charge on any atom is -0.368 e. The molecule has 0 saturated carbocycles. The average Bonchev–Trinajstić information content (AvgIpc) is 3.27. The van der Waals surface area contributed by atoms with E-state index in [1.54, 1.807) is 18.4 Å². The number of thiazole rings is 1. The van der Waals surface area contributed by atoms with Gasteiger partial charge in [-0.25, -0.2) is 4.98 Å². The van der Waals surface area contributed by atoms with E-state index in [9.17, 15) is 4.79 Å². The van der Waals surface area contributed by atoms with Crippen molar-refractivity contribution in [2.45, 2.75) is 32.4 Å². The van der Waals surface area contributed by atoms with E-state index in [1.165, 1.54) is 4.88 Å². The van der Waals surface area contributed by atoms with Crippen LogP contribution in [0.3, 0.4) is 0 Å². The highest BCUT2D eigenvalue weighted by Gasteiger charge is 2.30. The summed E-state index contributed by atoms with van der Waals surface area (Å²) in [4.78, 5) is 26.4. The number of nitrogens with one attached hydrogen (secondary N) is 1. The van der Waals surface area contributed by atoms with Crippen LogP contribution in [0.15, 0.2) is 11.2 Å². The number of aromatic nitrogens is 1. The van der Waals surface area contributed by atoms with Gasteiger partial charge in [-0.1, -0.05) is 0 Å². The number of aliphatic imine (C=N–C) groups is 1. The molecule has 2 aliphatic heterocycles. The molecule has 0 bridgehead atoms. The number of nitrogens with zero attached hydrogens (tertiary/aromatic N) is 4. The summed E-state index contributed by atoms with van der Waals surface area (Å²) < 4.78 is 5.51. The number of ether oxygens (including phenoxy) is 1. The third-order valence-electron chi connectivity index (χ3n) is 4.37. The SMILES string of the molecule is CN=C(NCc1ncc(C)s1)N1CCN(C(=O)C2CCCO2)CC1.I. The van der Waals surface area contributed by atoms with Crippen LogP contribution in [0, 0.1) is 6.92 Å². The van der Waals surface area contributed by atoms with Gasteiger partial charge in [-0.3, -0.25) is 9.79 Å². The quantitative estimate of drug-likeness (QED) is 0.404. The van der Waals surface area contributed by atoms with E-state index in [1.807, 2.05) is 11.1 Å². The average molecular weight is 479 g/mol. The summed E-state index contributed by atoms with van der Waals surface area (Å²) in [6.45, 7) is 6.46. The van der Waals surface area contributed by atoms with Crippen molar-refractivity contribution < 1.29 is 9.53 Å². The van der Waals surface area contributed by atoms with Crippen LogP contribution in [0.1, 0.15) is 22.7 Å². The first-order valence-electron chi connectivity index (χ1n) is 8.44. The lowest BCUT2D eigenvalue weighted by molar-refractivity contribution is -0.142. The maximum absolute atomic E-state index is 12.4. The van der Waals surface area contributed by atoms with E-state index in [4.69, 9.17) is 4.74 Å². The second-order valence-electron chi connectivity index (χ2n) is 6.08. The van der Waals surface area contributed by atoms with Crippen LogP contribution in [0.25, 0.3) is 0 Å². The van der Waals surface area contributed by atoms with Gasteiger partial charge in [-0.15, -0.1) is 35.3 Å². The molecule has 3 heterocycles. The Morgan fingerprint density at radius 3 is 2.68 bits per heavy atom. The lowest BCUT2D eigenvalue weighted by atomic mass is 10.2. The Hall–Kier alpha value is -0.940. The van der Waals surface area contributed by atoms with Crippen LogP contribution in [-0.4, -0.2) is 72.6 Å². The van der Waals surface area contributed by atoms with Crippen molar-refractivity contribution in [2.24, 2.45) is 4.99 Å². The van der Waals surface area contributed by atoms with Crippen LogP contribution in [0.5, 0.6) is 0 Å². The van der Waals surface area contributed by atoms with Crippen LogP contribution in [0.4, 0.5) is 0 Å². The zero-order valence-electron chi connectivity index (χ0n) is 14.7. The summed E-state index contributed by atoms with van der Waals surface area (Å²) >= 11 is 1.69. The predicted octanol–water partition coefficient (Wildman–Crippen LogP) is 1.47. The highest BCUT2D eigenvalue weighted by Crippen LogP contribution is 2.16. The standard InChI is InChI=1S/C16H25N5O2S.HI/c1-12-10-18-14(24-12)11-19-16(17-2)21-7-5-20(6-8-21)15(22)13-4-3-9-23-13;/h10,13H,3-9,11H2,1-2H3,(H,17,19);1H.